The van der Waals surface area contributed by atoms with Crippen LogP contribution < -0.4 is 0 Å². The highest BCUT2D eigenvalue weighted by molar-refractivity contribution is 5.93. The third-order valence-electron chi connectivity index (χ3n) is 6.27. The van der Waals surface area contributed by atoms with Crippen LogP contribution in [0.4, 0.5) is 0 Å². The summed E-state index contributed by atoms with van der Waals surface area (Å²) in [5.41, 5.74) is -1.18. The van der Waals surface area contributed by atoms with Gasteiger partial charge in [0.25, 0.3) is 0 Å². The lowest BCUT2D eigenvalue weighted by atomic mass is 9.85. The first-order valence-electron chi connectivity index (χ1n) is 10.9. The summed E-state index contributed by atoms with van der Waals surface area (Å²) in [4.78, 5) is 48.3. The highest BCUT2D eigenvalue weighted by atomic mass is 16.7. The van der Waals surface area contributed by atoms with Crippen LogP contribution in [0.2, 0.25) is 0 Å². The Bertz CT molecular complexity index is 949. The zero-order chi connectivity index (χ0) is 24.1. The summed E-state index contributed by atoms with van der Waals surface area (Å²) in [5, 5.41) is 0. The Morgan fingerprint density at radius 3 is 2.48 bits per heavy atom. The van der Waals surface area contributed by atoms with Crippen molar-refractivity contribution in [2.45, 2.75) is 76.7 Å². The molecule has 0 N–H and O–H groups in total. The number of hydrogen-bond acceptors (Lipinski definition) is 10. The molecule has 0 aromatic rings. The summed E-state index contributed by atoms with van der Waals surface area (Å²) in [7, 11) is 0. The van der Waals surface area contributed by atoms with Gasteiger partial charge in [-0.1, -0.05) is 26.0 Å². The van der Waals surface area contributed by atoms with E-state index in [4.69, 9.17) is 28.4 Å². The predicted molar refractivity (Wildman–Crippen MR) is 110 cm³/mol. The summed E-state index contributed by atoms with van der Waals surface area (Å²) in [6.45, 7) is 7.38. The molecule has 4 rings (SSSR count). The summed E-state index contributed by atoms with van der Waals surface area (Å²) in [6, 6.07) is 0. The zero-order valence-corrected chi connectivity index (χ0v) is 19.2. The maximum atomic E-state index is 12.8. The van der Waals surface area contributed by atoms with Gasteiger partial charge in [0.05, 0.1) is 11.5 Å². The van der Waals surface area contributed by atoms with Gasteiger partial charge in [0.1, 0.15) is 42.7 Å². The highest BCUT2D eigenvalue weighted by Crippen LogP contribution is 2.52. The summed E-state index contributed by atoms with van der Waals surface area (Å²) in [6.07, 6.45) is 1.12. The molecular weight excluding hydrogens is 436 g/mol. The van der Waals surface area contributed by atoms with Crippen molar-refractivity contribution in [1.29, 1.82) is 0 Å². The van der Waals surface area contributed by atoms with E-state index in [0.29, 0.717) is 5.57 Å². The van der Waals surface area contributed by atoms with Gasteiger partial charge in [0.2, 0.25) is 0 Å². The fourth-order valence-corrected chi connectivity index (χ4v) is 4.27. The van der Waals surface area contributed by atoms with Crippen LogP contribution >= 0.6 is 0 Å². The largest absolute Gasteiger partial charge is 0.463 e. The molecule has 0 spiro atoms. The number of fused-ring (bicyclic) bond motifs is 4. The molecule has 2 fully saturated rings. The van der Waals surface area contributed by atoms with Crippen molar-refractivity contribution in [2.24, 2.45) is 5.92 Å². The first-order valence-corrected chi connectivity index (χ1v) is 10.9. The van der Waals surface area contributed by atoms with Crippen molar-refractivity contribution < 1.29 is 47.6 Å². The lowest BCUT2D eigenvalue weighted by Gasteiger charge is -2.27. The number of carbonyl (C=O) groups is 4. The van der Waals surface area contributed by atoms with Crippen LogP contribution in [0.5, 0.6) is 0 Å². The average molecular weight is 464 g/mol. The molecule has 2 saturated heterocycles. The van der Waals surface area contributed by atoms with E-state index in [9.17, 15) is 19.2 Å². The van der Waals surface area contributed by atoms with E-state index in [-0.39, 0.29) is 25.2 Å². The van der Waals surface area contributed by atoms with Gasteiger partial charge in [-0.3, -0.25) is 14.4 Å². The third-order valence-corrected chi connectivity index (χ3v) is 6.27. The first-order chi connectivity index (χ1) is 15.5. The van der Waals surface area contributed by atoms with Gasteiger partial charge < -0.3 is 28.4 Å². The van der Waals surface area contributed by atoms with E-state index >= 15 is 0 Å². The molecule has 0 amide bonds. The van der Waals surface area contributed by atoms with Gasteiger partial charge in [-0.05, 0) is 6.92 Å². The van der Waals surface area contributed by atoms with E-state index in [1.165, 1.54) is 13.8 Å². The van der Waals surface area contributed by atoms with Crippen LogP contribution in [0.15, 0.2) is 23.3 Å². The average Bonchev–Trinajstić information content (AvgIpc) is 3.57. The number of carbonyl (C=O) groups excluding carboxylic acids is 4. The molecule has 0 radical (unpaired) electrons. The van der Waals surface area contributed by atoms with Gasteiger partial charge in [-0.2, -0.15) is 0 Å². The molecule has 3 heterocycles. The quantitative estimate of drug-likeness (QED) is 0.244. The lowest BCUT2D eigenvalue weighted by Crippen LogP contribution is -2.38. The summed E-state index contributed by atoms with van der Waals surface area (Å²) >= 11 is 0. The van der Waals surface area contributed by atoms with Crippen LogP contribution in [-0.4, -0.2) is 72.7 Å². The molecule has 3 aliphatic heterocycles. The van der Waals surface area contributed by atoms with Gasteiger partial charge in [-0.15, -0.1) is 0 Å². The monoisotopic (exact) mass is 464 g/mol. The van der Waals surface area contributed by atoms with Crippen molar-refractivity contribution in [3.05, 3.63) is 23.3 Å². The minimum absolute atomic E-state index is 0.0555. The molecule has 0 unspecified atom stereocenters. The molecule has 0 aromatic carbocycles. The smallest absolute Gasteiger partial charge is 0.338 e. The fraction of sp³-hybridized carbons (Fsp3) is 0.652. The minimum atomic E-state index is -0.947. The SMILES string of the molecule is CC(=O)OCC1=C2[C@H](OC(=O)C(C)C)C[C@@]3(COC(C)=O)O[C@H]3/C=C\[C@@]3(C)O[C@@H]3[C@H]2OC1=O. The Morgan fingerprint density at radius 2 is 1.85 bits per heavy atom. The van der Waals surface area contributed by atoms with Crippen LogP contribution in [0.1, 0.15) is 41.0 Å². The van der Waals surface area contributed by atoms with Gasteiger partial charge >= 0.3 is 23.9 Å². The number of esters is 4. The van der Waals surface area contributed by atoms with Crippen molar-refractivity contribution in [2.75, 3.05) is 13.2 Å². The standard InChI is InChI=1S/C23H28O10/c1-11(2)20(26)30-15-8-23(10-29-13(4)25)16(32-23)6-7-22(5)19(33-22)18-17(15)14(21(27)31-18)9-28-12(3)24/h6-7,11,15-16,18-19H,8-10H2,1-5H3/b7-6-/t15-,16+,18+,19-,22-,23+/m1/s1. The van der Waals surface area contributed by atoms with Crippen molar-refractivity contribution in [3.63, 3.8) is 0 Å². The number of ether oxygens (including phenoxy) is 6. The molecule has 0 aromatic heterocycles. The van der Waals surface area contributed by atoms with Crippen molar-refractivity contribution in [1.82, 2.24) is 0 Å². The minimum Gasteiger partial charge on any atom is -0.463 e. The Labute approximate surface area is 191 Å². The highest BCUT2D eigenvalue weighted by Gasteiger charge is 2.65. The number of rotatable bonds is 6. The van der Waals surface area contributed by atoms with Crippen molar-refractivity contribution >= 4 is 23.9 Å². The molecular formula is C23H28O10. The van der Waals surface area contributed by atoms with Crippen LogP contribution in [-0.2, 0) is 47.6 Å². The molecule has 180 valence electrons. The Morgan fingerprint density at radius 1 is 1.15 bits per heavy atom. The molecule has 0 saturated carbocycles. The van der Waals surface area contributed by atoms with Gasteiger partial charge in [-0.25, -0.2) is 4.79 Å². The third kappa shape index (κ3) is 4.54. The second-order valence-electron chi connectivity index (χ2n) is 9.29. The fourth-order valence-electron chi connectivity index (χ4n) is 4.27. The number of hydrogen-bond donors (Lipinski definition) is 0. The first kappa shape index (κ1) is 23.4. The summed E-state index contributed by atoms with van der Waals surface area (Å²) in [5.74, 6) is -2.62. The van der Waals surface area contributed by atoms with Gasteiger partial charge in [0.15, 0.2) is 6.10 Å². The molecule has 10 nitrogen and oxygen atoms in total. The van der Waals surface area contributed by atoms with Crippen LogP contribution in [0.25, 0.3) is 0 Å². The van der Waals surface area contributed by atoms with Crippen LogP contribution in [0.3, 0.4) is 0 Å². The van der Waals surface area contributed by atoms with E-state index < -0.39 is 65.4 Å². The van der Waals surface area contributed by atoms with Gasteiger partial charge in [0, 0.05) is 25.8 Å². The maximum Gasteiger partial charge on any atom is 0.338 e. The topological polar surface area (TPSA) is 130 Å². The van der Waals surface area contributed by atoms with E-state index in [0.717, 1.165) is 0 Å². The van der Waals surface area contributed by atoms with Crippen molar-refractivity contribution in [3.8, 4) is 0 Å². The molecule has 1 aliphatic carbocycles. The molecule has 33 heavy (non-hydrogen) atoms. The molecule has 6 atom stereocenters. The van der Waals surface area contributed by atoms with E-state index in [1.54, 1.807) is 13.8 Å². The number of epoxide rings is 2. The normalized spacial score (nSPS) is 37.2. The summed E-state index contributed by atoms with van der Waals surface area (Å²) < 4.78 is 33.6. The molecule has 10 heteroatoms. The maximum absolute atomic E-state index is 12.8. The molecule has 4 aliphatic rings. The Balaban J connectivity index is 1.77. The second kappa shape index (κ2) is 8.25. The predicted octanol–water partition coefficient (Wildman–Crippen LogP) is 1.16. The van der Waals surface area contributed by atoms with Crippen LogP contribution in [0, 0.1) is 5.92 Å². The van der Waals surface area contributed by atoms with E-state index in [1.807, 2.05) is 19.1 Å². The molecule has 0 bridgehead atoms. The zero-order valence-electron chi connectivity index (χ0n) is 19.2. The Kier molecular flexibility index (Phi) is 5.86. The second-order valence-corrected chi connectivity index (χ2v) is 9.29. The Hall–Kier alpha value is -2.72. The lowest BCUT2D eigenvalue weighted by molar-refractivity contribution is -0.154. The van der Waals surface area contributed by atoms with E-state index in [2.05, 4.69) is 0 Å².